The van der Waals surface area contributed by atoms with E-state index in [0.717, 1.165) is 25.2 Å². The Morgan fingerprint density at radius 3 is 2.95 bits per heavy atom. The number of fused-ring (bicyclic) bond motifs is 1. The largest absolute Gasteiger partial charge is 0.493 e. The molecule has 0 radical (unpaired) electrons. The summed E-state index contributed by atoms with van der Waals surface area (Å²) in [6.45, 7) is 1.34. The molecule has 0 saturated heterocycles. The Balaban J connectivity index is 1.58. The Morgan fingerprint density at radius 1 is 1.20 bits per heavy atom. The molecule has 0 aromatic heterocycles. The maximum atomic E-state index is 13.1. The third-order valence-electron chi connectivity index (χ3n) is 3.30. The first-order valence-corrected chi connectivity index (χ1v) is 7.34. The summed E-state index contributed by atoms with van der Waals surface area (Å²) in [5.74, 6) is 1.39. The molecule has 0 fully saturated rings. The third kappa shape index (κ3) is 2.96. The van der Waals surface area contributed by atoms with Crippen molar-refractivity contribution in [2.24, 2.45) is 0 Å². The molecule has 0 spiro atoms. The van der Waals surface area contributed by atoms with Crippen LogP contribution in [0.25, 0.3) is 0 Å². The monoisotopic (exact) mass is 336 g/mol. The van der Waals surface area contributed by atoms with Crippen LogP contribution in [0.4, 0.5) is 4.39 Å². The van der Waals surface area contributed by atoms with Crippen molar-refractivity contribution >= 4 is 15.9 Å². The molecular weight excluding hydrogens is 323 g/mol. The number of benzene rings is 2. The van der Waals surface area contributed by atoms with Crippen LogP contribution in [0.15, 0.2) is 40.9 Å². The van der Waals surface area contributed by atoms with Crippen LogP contribution in [-0.2, 0) is 12.8 Å². The summed E-state index contributed by atoms with van der Waals surface area (Å²) < 4.78 is 24.6. The van der Waals surface area contributed by atoms with Gasteiger partial charge in [0.15, 0.2) is 0 Å². The van der Waals surface area contributed by atoms with Crippen molar-refractivity contribution in [3.05, 3.63) is 57.8 Å². The van der Waals surface area contributed by atoms with Gasteiger partial charge in [-0.1, -0.05) is 12.1 Å². The molecule has 104 valence electrons. The molecule has 2 nitrogen and oxygen atoms in total. The SMILES string of the molecule is Fc1ccc(OCCc2ccc3c(c2)CCO3)cc1Br. The molecule has 0 N–H and O–H groups in total. The summed E-state index contributed by atoms with van der Waals surface area (Å²) in [5, 5.41) is 0. The summed E-state index contributed by atoms with van der Waals surface area (Å²) >= 11 is 3.15. The average Bonchev–Trinajstić information content (AvgIpc) is 2.90. The van der Waals surface area contributed by atoms with Gasteiger partial charge < -0.3 is 9.47 Å². The first kappa shape index (κ1) is 13.4. The first-order valence-electron chi connectivity index (χ1n) is 6.55. The van der Waals surface area contributed by atoms with Gasteiger partial charge in [0.1, 0.15) is 17.3 Å². The molecule has 20 heavy (non-hydrogen) atoms. The minimum absolute atomic E-state index is 0.282. The van der Waals surface area contributed by atoms with Gasteiger partial charge in [-0.15, -0.1) is 0 Å². The zero-order valence-corrected chi connectivity index (χ0v) is 12.5. The second kappa shape index (κ2) is 5.83. The highest BCUT2D eigenvalue weighted by molar-refractivity contribution is 9.10. The van der Waals surface area contributed by atoms with E-state index < -0.39 is 0 Å². The molecule has 0 atom stereocenters. The Bertz CT molecular complexity index is 628. The maximum absolute atomic E-state index is 13.1. The molecular formula is C16H14BrFO2. The number of ether oxygens (including phenoxy) is 2. The van der Waals surface area contributed by atoms with Crippen molar-refractivity contribution in [1.82, 2.24) is 0 Å². The van der Waals surface area contributed by atoms with E-state index in [1.165, 1.54) is 17.2 Å². The molecule has 1 heterocycles. The number of hydrogen-bond acceptors (Lipinski definition) is 2. The summed E-state index contributed by atoms with van der Waals surface area (Å²) in [5.41, 5.74) is 2.50. The zero-order valence-electron chi connectivity index (χ0n) is 10.9. The van der Waals surface area contributed by atoms with Gasteiger partial charge in [0.25, 0.3) is 0 Å². The van der Waals surface area contributed by atoms with Crippen molar-refractivity contribution in [3.8, 4) is 11.5 Å². The van der Waals surface area contributed by atoms with Crippen LogP contribution < -0.4 is 9.47 Å². The Kier molecular flexibility index (Phi) is 3.92. The number of halogens is 2. The van der Waals surface area contributed by atoms with Gasteiger partial charge in [0.05, 0.1) is 17.7 Å². The third-order valence-corrected chi connectivity index (χ3v) is 3.91. The fourth-order valence-electron chi connectivity index (χ4n) is 2.25. The van der Waals surface area contributed by atoms with E-state index in [-0.39, 0.29) is 5.82 Å². The van der Waals surface area contributed by atoms with E-state index in [1.807, 2.05) is 6.07 Å². The van der Waals surface area contributed by atoms with Crippen molar-refractivity contribution in [1.29, 1.82) is 0 Å². The predicted molar refractivity (Wildman–Crippen MR) is 78.9 cm³/mol. The summed E-state index contributed by atoms with van der Waals surface area (Å²) in [6, 6.07) is 10.9. The Labute approximate surface area is 125 Å². The van der Waals surface area contributed by atoms with Gasteiger partial charge in [-0.3, -0.25) is 0 Å². The molecule has 0 bridgehead atoms. The maximum Gasteiger partial charge on any atom is 0.137 e. The molecule has 4 heteroatoms. The van der Waals surface area contributed by atoms with Crippen molar-refractivity contribution in [3.63, 3.8) is 0 Å². The van der Waals surface area contributed by atoms with Crippen molar-refractivity contribution in [2.45, 2.75) is 12.8 Å². The zero-order chi connectivity index (χ0) is 13.9. The highest BCUT2D eigenvalue weighted by atomic mass is 79.9. The van der Waals surface area contributed by atoms with Crippen LogP contribution in [0.2, 0.25) is 0 Å². The molecule has 1 aliphatic rings. The van der Waals surface area contributed by atoms with Gasteiger partial charge in [0, 0.05) is 12.8 Å². The number of rotatable bonds is 4. The lowest BCUT2D eigenvalue weighted by Crippen LogP contribution is -2.01. The Morgan fingerprint density at radius 2 is 2.10 bits per heavy atom. The summed E-state index contributed by atoms with van der Waals surface area (Å²) in [4.78, 5) is 0. The van der Waals surface area contributed by atoms with Crippen LogP contribution >= 0.6 is 15.9 Å². The molecule has 3 rings (SSSR count). The smallest absolute Gasteiger partial charge is 0.137 e. The molecule has 2 aromatic rings. The van der Waals surface area contributed by atoms with E-state index in [0.29, 0.717) is 16.8 Å². The van der Waals surface area contributed by atoms with Crippen LogP contribution in [0.3, 0.4) is 0 Å². The minimum Gasteiger partial charge on any atom is -0.493 e. The average molecular weight is 337 g/mol. The van der Waals surface area contributed by atoms with E-state index >= 15 is 0 Å². The van der Waals surface area contributed by atoms with E-state index in [2.05, 4.69) is 28.1 Å². The molecule has 1 aliphatic heterocycles. The van der Waals surface area contributed by atoms with Crippen LogP contribution in [-0.4, -0.2) is 13.2 Å². The van der Waals surface area contributed by atoms with Gasteiger partial charge in [0.2, 0.25) is 0 Å². The lowest BCUT2D eigenvalue weighted by molar-refractivity contribution is 0.321. The fourth-order valence-corrected chi connectivity index (χ4v) is 2.61. The lowest BCUT2D eigenvalue weighted by atomic mass is 10.1. The fraction of sp³-hybridized carbons (Fsp3) is 0.250. The van der Waals surface area contributed by atoms with Gasteiger partial charge in [-0.25, -0.2) is 4.39 Å². The van der Waals surface area contributed by atoms with E-state index in [9.17, 15) is 4.39 Å². The van der Waals surface area contributed by atoms with Crippen LogP contribution in [0.5, 0.6) is 11.5 Å². The molecule has 0 unspecified atom stereocenters. The second-order valence-electron chi connectivity index (χ2n) is 4.71. The highest BCUT2D eigenvalue weighted by Gasteiger charge is 2.11. The van der Waals surface area contributed by atoms with Crippen LogP contribution in [0, 0.1) is 5.82 Å². The van der Waals surface area contributed by atoms with E-state index in [1.54, 1.807) is 12.1 Å². The molecule has 0 saturated carbocycles. The minimum atomic E-state index is -0.282. The van der Waals surface area contributed by atoms with Crippen LogP contribution in [0.1, 0.15) is 11.1 Å². The lowest BCUT2D eigenvalue weighted by Gasteiger charge is -2.08. The standard InChI is InChI=1S/C16H14BrFO2/c17-14-10-13(2-3-15(14)18)19-7-5-11-1-4-16-12(9-11)6-8-20-16/h1-4,9-10H,5-8H2. The normalized spacial score (nSPS) is 12.9. The van der Waals surface area contributed by atoms with Gasteiger partial charge >= 0.3 is 0 Å². The molecule has 0 aliphatic carbocycles. The quantitative estimate of drug-likeness (QED) is 0.835. The van der Waals surface area contributed by atoms with Crippen molar-refractivity contribution < 1.29 is 13.9 Å². The topological polar surface area (TPSA) is 18.5 Å². The predicted octanol–water partition coefficient (Wildman–Crippen LogP) is 4.14. The van der Waals surface area contributed by atoms with Crippen molar-refractivity contribution in [2.75, 3.05) is 13.2 Å². The van der Waals surface area contributed by atoms with E-state index in [4.69, 9.17) is 9.47 Å². The van der Waals surface area contributed by atoms with Gasteiger partial charge in [-0.2, -0.15) is 0 Å². The Hall–Kier alpha value is -1.55. The molecule has 2 aromatic carbocycles. The molecule has 0 amide bonds. The highest BCUT2D eigenvalue weighted by Crippen LogP contribution is 2.26. The number of hydrogen-bond donors (Lipinski definition) is 0. The second-order valence-corrected chi connectivity index (χ2v) is 5.57. The first-order chi connectivity index (χ1) is 9.72. The van der Waals surface area contributed by atoms with Gasteiger partial charge in [-0.05, 0) is 51.3 Å². The summed E-state index contributed by atoms with van der Waals surface area (Å²) in [6.07, 6.45) is 1.80. The summed E-state index contributed by atoms with van der Waals surface area (Å²) in [7, 11) is 0.